The van der Waals surface area contributed by atoms with Gasteiger partial charge >= 0.3 is 0 Å². The number of rotatable bonds is 5. The molecule has 1 aliphatic carbocycles. The topological polar surface area (TPSA) is 38.3 Å². The number of carbonyl (C=O) groups is 1. The van der Waals surface area contributed by atoms with Crippen LogP contribution in [0.1, 0.15) is 24.8 Å². The molecule has 1 aromatic rings. The summed E-state index contributed by atoms with van der Waals surface area (Å²) in [4.78, 5) is 11.7. The van der Waals surface area contributed by atoms with Crippen molar-refractivity contribution in [3.63, 3.8) is 0 Å². The molecule has 0 aliphatic heterocycles. The van der Waals surface area contributed by atoms with Gasteiger partial charge in [-0.25, -0.2) is 0 Å². The first kappa shape index (κ1) is 14.5. The number of carbonyl (C=O) groups excluding carboxylic acids is 1. The van der Waals surface area contributed by atoms with Crippen molar-refractivity contribution in [3.05, 3.63) is 27.7 Å². The van der Waals surface area contributed by atoms with Crippen LogP contribution >= 0.6 is 23.2 Å². The predicted molar refractivity (Wildman–Crippen MR) is 77.1 cm³/mol. The zero-order valence-corrected chi connectivity index (χ0v) is 12.4. The van der Waals surface area contributed by atoms with Crippen molar-refractivity contribution in [3.8, 4) is 5.75 Å². The number of nitrogens with one attached hydrogen (secondary N) is 1. The van der Waals surface area contributed by atoms with Gasteiger partial charge in [0, 0.05) is 23.6 Å². The number of methoxy groups -OCH3 is 1. The lowest BCUT2D eigenvalue weighted by Gasteiger charge is -2.24. The smallest absolute Gasteiger partial charge is 0.223 e. The molecule has 0 bridgehead atoms. The van der Waals surface area contributed by atoms with Crippen LogP contribution in [0, 0.1) is 5.92 Å². The third kappa shape index (κ3) is 3.54. The first-order valence-electron chi connectivity index (χ1n) is 6.41. The van der Waals surface area contributed by atoms with Gasteiger partial charge in [0.2, 0.25) is 5.91 Å². The summed E-state index contributed by atoms with van der Waals surface area (Å²) in [6.45, 7) is 0.581. The van der Waals surface area contributed by atoms with Crippen molar-refractivity contribution >= 4 is 29.1 Å². The summed E-state index contributed by atoms with van der Waals surface area (Å²) in [6, 6.07) is 3.49. The Morgan fingerprint density at radius 1 is 1.37 bits per heavy atom. The minimum atomic E-state index is 0.155. The summed E-state index contributed by atoms with van der Waals surface area (Å²) in [5.74, 6) is 0.936. The van der Waals surface area contributed by atoms with Crippen molar-refractivity contribution in [1.82, 2.24) is 5.32 Å². The summed E-state index contributed by atoms with van der Waals surface area (Å²) in [5, 5.41) is 4.08. The second-order valence-electron chi connectivity index (χ2n) is 4.75. The Hall–Kier alpha value is -0.930. The van der Waals surface area contributed by atoms with E-state index in [1.165, 1.54) is 0 Å². The maximum atomic E-state index is 11.7. The summed E-state index contributed by atoms with van der Waals surface area (Å²) in [6.07, 6.45) is 3.86. The van der Waals surface area contributed by atoms with Crippen LogP contribution in [0.25, 0.3) is 0 Å². The molecular weight excluding hydrogens is 285 g/mol. The molecule has 1 aromatic carbocycles. The van der Waals surface area contributed by atoms with Crippen LogP contribution in [0.3, 0.4) is 0 Å². The first-order chi connectivity index (χ1) is 9.11. The molecule has 104 valence electrons. The van der Waals surface area contributed by atoms with Gasteiger partial charge in [0.05, 0.1) is 12.1 Å². The lowest BCUT2D eigenvalue weighted by Crippen LogP contribution is -2.35. The highest BCUT2D eigenvalue weighted by Crippen LogP contribution is 2.31. The molecule has 0 aromatic heterocycles. The van der Waals surface area contributed by atoms with Gasteiger partial charge in [-0.05, 0) is 30.9 Å². The van der Waals surface area contributed by atoms with Crippen LogP contribution in [-0.2, 0) is 11.2 Å². The van der Waals surface area contributed by atoms with Gasteiger partial charge in [-0.15, -0.1) is 0 Å². The fourth-order valence-corrected chi connectivity index (χ4v) is 2.56. The predicted octanol–water partition coefficient (Wildman–Crippen LogP) is 3.46. The van der Waals surface area contributed by atoms with E-state index in [-0.39, 0.29) is 11.8 Å². The normalized spacial score (nSPS) is 14.9. The monoisotopic (exact) mass is 301 g/mol. The Morgan fingerprint density at radius 3 is 2.68 bits per heavy atom. The summed E-state index contributed by atoms with van der Waals surface area (Å²) >= 11 is 12.2. The number of ether oxygens (including phenoxy) is 1. The van der Waals surface area contributed by atoms with Crippen molar-refractivity contribution in [2.75, 3.05) is 13.7 Å². The Labute approximate surface area is 123 Å². The highest BCUT2D eigenvalue weighted by molar-refractivity contribution is 6.34. The van der Waals surface area contributed by atoms with Gasteiger partial charge in [-0.2, -0.15) is 0 Å². The lowest BCUT2D eigenvalue weighted by molar-refractivity contribution is -0.127. The standard InChI is InChI=1S/C14H17Cl2NO2/c1-19-13-8-11(15)10(7-12(13)16)5-6-17-14(18)9-3-2-4-9/h7-9H,2-6H2,1H3,(H,17,18). The Kier molecular flexibility index (Phi) is 4.94. The van der Waals surface area contributed by atoms with Gasteiger partial charge in [0.1, 0.15) is 5.75 Å². The van der Waals surface area contributed by atoms with E-state index in [9.17, 15) is 4.79 Å². The largest absolute Gasteiger partial charge is 0.495 e. The maximum Gasteiger partial charge on any atom is 0.223 e. The Bertz CT molecular complexity index is 473. The second-order valence-corrected chi connectivity index (χ2v) is 5.56. The molecule has 0 saturated heterocycles. The van der Waals surface area contributed by atoms with Crippen LogP contribution < -0.4 is 10.1 Å². The van der Waals surface area contributed by atoms with Gasteiger partial charge in [-0.3, -0.25) is 4.79 Å². The van der Waals surface area contributed by atoms with Crippen molar-refractivity contribution in [2.24, 2.45) is 5.92 Å². The molecule has 0 spiro atoms. The third-order valence-corrected chi connectivity index (χ3v) is 4.14. The molecule has 3 nitrogen and oxygen atoms in total. The zero-order chi connectivity index (χ0) is 13.8. The molecule has 1 aliphatic rings. The fourth-order valence-electron chi connectivity index (χ4n) is 2.05. The number of hydrogen-bond acceptors (Lipinski definition) is 2. The molecule has 0 unspecified atom stereocenters. The van der Waals surface area contributed by atoms with Gasteiger partial charge in [-0.1, -0.05) is 29.6 Å². The molecule has 5 heteroatoms. The minimum absolute atomic E-state index is 0.155. The van der Waals surface area contributed by atoms with E-state index in [0.717, 1.165) is 24.8 Å². The number of hydrogen-bond donors (Lipinski definition) is 1. The summed E-state index contributed by atoms with van der Waals surface area (Å²) in [5.41, 5.74) is 0.918. The Morgan fingerprint density at radius 2 is 2.11 bits per heavy atom. The van der Waals surface area contributed by atoms with Crippen molar-refractivity contribution < 1.29 is 9.53 Å². The molecule has 1 saturated carbocycles. The van der Waals surface area contributed by atoms with Crippen molar-refractivity contribution in [2.45, 2.75) is 25.7 Å². The van der Waals surface area contributed by atoms with E-state index in [1.54, 1.807) is 19.2 Å². The molecule has 1 fully saturated rings. The van der Waals surface area contributed by atoms with Gasteiger partial charge < -0.3 is 10.1 Å². The zero-order valence-electron chi connectivity index (χ0n) is 10.8. The van der Waals surface area contributed by atoms with E-state index in [4.69, 9.17) is 27.9 Å². The van der Waals surface area contributed by atoms with Crippen LogP contribution in [-0.4, -0.2) is 19.6 Å². The van der Waals surface area contributed by atoms with Crippen LogP contribution in [0.5, 0.6) is 5.75 Å². The van der Waals surface area contributed by atoms with Gasteiger partial charge in [0.25, 0.3) is 0 Å². The maximum absolute atomic E-state index is 11.7. The molecule has 0 radical (unpaired) electrons. The third-order valence-electron chi connectivity index (χ3n) is 3.49. The molecule has 0 atom stereocenters. The van der Waals surface area contributed by atoms with E-state index in [2.05, 4.69) is 5.32 Å². The number of amides is 1. The first-order valence-corrected chi connectivity index (χ1v) is 7.17. The number of benzene rings is 1. The van der Waals surface area contributed by atoms with E-state index >= 15 is 0 Å². The molecule has 1 amide bonds. The molecule has 2 rings (SSSR count). The second kappa shape index (κ2) is 6.49. The van der Waals surface area contributed by atoms with Gasteiger partial charge in [0.15, 0.2) is 0 Å². The average Bonchev–Trinajstić information content (AvgIpc) is 2.30. The molecule has 1 N–H and O–H groups in total. The lowest BCUT2D eigenvalue weighted by atomic mass is 9.85. The van der Waals surface area contributed by atoms with E-state index in [1.807, 2.05) is 0 Å². The Balaban J connectivity index is 1.88. The highest BCUT2D eigenvalue weighted by atomic mass is 35.5. The average molecular weight is 302 g/mol. The fraction of sp³-hybridized carbons (Fsp3) is 0.500. The van der Waals surface area contributed by atoms with Crippen molar-refractivity contribution in [1.29, 1.82) is 0 Å². The highest BCUT2D eigenvalue weighted by Gasteiger charge is 2.24. The molecular formula is C14H17Cl2NO2. The minimum Gasteiger partial charge on any atom is -0.495 e. The van der Waals surface area contributed by atoms with E-state index in [0.29, 0.717) is 28.8 Å². The van der Waals surface area contributed by atoms with Crippen LogP contribution in [0.2, 0.25) is 10.0 Å². The number of halogens is 2. The SMILES string of the molecule is COc1cc(Cl)c(CCNC(=O)C2CCC2)cc1Cl. The van der Waals surface area contributed by atoms with Crippen LogP contribution in [0.15, 0.2) is 12.1 Å². The molecule has 19 heavy (non-hydrogen) atoms. The van der Waals surface area contributed by atoms with Crippen LogP contribution in [0.4, 0.5) is 0 Å². The summed E-state index contributed by atoms with van der Waals surface area (Å²) in [7, 11) is 1.55. The summed E-state index contributed by atoms with van der Waals surface area (Å²) < 4.78 is 5.09. The molecule has 0 heterocycles. The van der Waals surface area contributed by atoms with E-state index < -0.39 is 0 Å². The quantitative estimate of drug-likeness (QED) is 0.904.